The molecule has 1 heterocycles. The van der Waals surface area contributed by atoms with E-state index >= 15 is 0 Å². The third-order valence-electron chi connectivity index (χ3n) is 6.52. The Kier molecular flexibility index (Phi) is 5.26. The Morgan fingerprint density at radius 1 is 1.14 bits per heavy atom. The van der Waals surface area contributed by atoms with Gasteiger partial charge in [-0.1, -0.05) is 57.2 Å². The van der Waals surface area contributed by atoms with Gasteiger partial charge in [-0.2, -0.15) is 0 Å². The van der Waals surface area contributed by atoms with Crippen molar-refractivity contribution in [3.8, 4) is 0 Å². The molecule has 3 atom stereocenters. The van der Waals surface area contributed by atoms with Crippen LogP contribution < -0.4 is 4.72 Å². The first-order chi connectivity index (χ1) is 13.6. The van der Waals surface area contributed by atoms with Crippen LogP contribution in [-0.4, -0.2) is 50.2 Å². The minimum Gasteiger partial charge on any atom is -0.390 e. The fraction of sp³-hybridized carbons (Fsp3) is 0.565. The van der Waals surface area contributed by atoms with Gasteiger partial charge in [-0.3, -0.25) is 4.90 Å². The van der Waals surface area contributed by atoms with E-state index in [0.29, 0.717) is 28.8 Å². The number of nitrogens with zero attached hydrogens (tertiary/aromatic N) is 1. The van der Waals surface area contributed by atoms with Crippen LogP contribution in [0.3, 0.4) is 0 Å². The number of sulfonamides is 1. The molecule has 0 aromatic heterocycles. The van der Waals surface area contributed by atoms with Crippen LogP contribution in [0, 0.1) is 10.8 Å². The van der Waals surface area contributed by atoms with Crippen molar-refractivity contribution in [3.05, 3.63) is 42.5 Å². The third-order valence-corrected chi connectivity index (χ3v) is 8.00. The number of aliphatic hydroxyl groups excluding tert-OH is 1. The van der Waals surface area contributed by atoms with Crippen molar-refractivity contribution < 1.29 is 13.5 Å². The molecule has 0 radical (unpaired) electrons. The number of β-amino-alcohol motifs (C(OH)–C–C–N with tert-alkyl or cyclic N) is 1. The molecule has 2 bridgehead atoms. The van der Waals surface area contributed by atoms with Crippen LogP contribution in [0.15, 0.2) is 47.4 Å². The number of hydrogen-bond donors (Lipinski definition) is 2. The summed E-state index contributed by atoms with van der Waals surface area (Å²) >= 11 is 0. The van der Waals surface area contributed by atoms with Crippen molar-refractivity contribution in [2.75, 3.05) is 19.6 Å². The van der Waals surface area contributed by atoms with Crippen molar-refractivity contribution in [1.29, 1.82) is 0 Å². The molecule has 1 saturated carbocycles. The Hall–Kier alpha value is -1.47. The molecule has 2 aromatic carbocycles. The molecule has 2 N–H and O–H groups in total. The summed E-state index contributed by atoms with van der Waals surface area (Å²) in [6.45, 7) is 8.51. The van der Waals surface area contributed by atoms with Crippen molar-refractivity contribution in [3.63, 3.8) is 0 Å². The first-order valence-electron chi connectivity index (χ1n) is 10.5. The number of likely N-dealkylation sites (tertiary alicyclic amines) is 1. The predicted molar refractivity (Wildman–Crippen MR) is 116 cm³/mol. The maximum atomic E-state index is 12.9. The summed E-state index contributed by atoms with van der Waals surface area (Å²) in [6, 6.07) is 13.2. The van der Waals surface area contributed by atoms with Crippen LogP contribution in [0.1, 0.15) is 40.0 Å². The standard InChI is InChI=1S/C23H32N2O3S/c1-22(2)11-18-12-23(3,15-22)16-25(18)14-19(26)13-24-29(27,28)21-10-6-8-17-7-4-5-9-20(17)21/h4-10,18-19,24,26H,11-16H2,1-3H3/t18-,19+,23-/m1/s1. The first kappa shape index (κ1) is 20.8. The Labute approximate surface area is 174 Å². The van der Waals surface area contributed by atoms with Gasteiger partial charge in [0.15, 0.2) is 0 Å². The molecule has 0 amide bonds. The number of nitrogens with one attached hydrogen (secondary N) is 1. The normalized spacial score (nSPS) is 27.9. The third kappa shape index (κ3) is 4.36. The Bertz CT molecular complexity index is 999. The van der Waals surface area contributed by atoms with Crippen molar-refractivity contribution in [2.24, 2.45) is 10.8 Å². The highest BCUT2D eigenvalue weighted by molar-refractivity contribution is 7.89. The lowest BCUT2D eigenvalue weighted by atomic mass is 9.65. The maximum Gasteiger partial charge on any atom is 0.241 e. The predicted octanol–water partition coefficient (Wildman–Crippen LogP) is 3.38. The molecule has 2 aliphatic rings. The van der Waals surface area contributed by atoms with Crippen LogP contribution in [0.2, 0.25) is 0 Å². The Balaban J connectivity index is 1.41. The topological polar surface area (TPSA) is 69.6 Å². The van der Waals surface area contributed by atoms with Gasteiger partial charge in [0.05, 0.1) is 11.0 Å². The molecule has 6 heteroatoms. The molecule has 1 aliphatic heterocycles. The smallest absolute Gasteiger partial charge is 0.241 e. The van der Waals surface area contributed by atoms with Crippen molar-refractivity contribution in [2.45, 2.75) is 57.1 Å². The lowest BCUT2D eigenvalue weighted by Crippen LogP contribution is -2.42. The minimum absolute atomic E-state index is 0.0227. The van der Waals surface area contributed by atoms with Crippen LogP contribution in [0.5, 0.6) is 0 Å². The number of rotatable bonds is 6. The largest absolute Gasteiger partial charge is 0.390 e. The molecule has 1 saturated heterocycles. The summed E-state index contributed by atoms with van der Waals surface area (Å²) in [6.07, 6.45) is 2.78. The summed E-state index contributed by atoms with van der Waals surface area (Å²) in [4.78, 5) is 2.63. The molecule has 4 rings (SSSR count). The number of benzene rings is 2. The molecule has 29 heavy (non-hydrogen) atoms. The zero-order valence-corrected chi connectivity index (χ0v) is 18.4. The maximum absolute atomic E-state index is 12.9. The van der Waals surface area contributed by atoms with E-state index in [4.69, 9.17) is 0 Å². The van der Waals surface area contributed by atoms with E-state index in [9.17, 15) is 13.5 Å². The molecule has 2 fully saturated rings. The van der Waals surface area contributed by atoms with Gasteiger partial charge >= 0.3 is 0 Å². The van der Waals surface area contributed by atoms with Gasteiger partial charge in [0.1, 0.15) is 0 Å². The summed E-state index contributed by atoms with van der Waals surface area (Å²) < 4.78 is 28.4. The molecule has 2 aromatic rings. The molecule has 158 valence electrons. The van der Waals surface area contributed by atoms with Gasteiger partial charge in [0, 0.05) is 31.1 Å². The van der Waals surface area contributed by atoms with Gasteiger partial charge in [0.25, 0.3) is 0 Å². The summed E-state index contributed by atoms with van der Waals surface area (Å²) in [5.41, 5.74) is 0.627. The van der Waals surface area contributed by atoms with Crippen molar-refractivity contribution >= 4 is 20.8 Å². The van der Waals surface area contributed by atoms with E-state index < -0.39 is 16.1 Å². The average Bonchev–Trinajstić information content (AvgIpc) is 2.87. The van der Waals surface area contributed by atoms with Crippen LogP contribution in [0.25, 0.3) is 10.8 Å². The fourth-order valence-electron chi connectivity index (χ4n) is 5.84. The second-order valence-corrected chi connectivity index (χ2v) is 11.9. The van der Waals surface area contributed by atoms with E-state index in [1.165, 1.54) is 12.8 Å². The second-order valence-electron chi connectivity index (χ2n) is 10.1. The summed E-state index contributed by atoms with van der Waals surface area (Å²) in [5, 5.41) is 12.2. The zero-order chi connectivity index (χ0) is 20.9. The highest BCUT2D eigenvalue weighted by Gasteiger charge is 2.49. The van der Waals surface area contributed by atoms with Crippen LogP contribution >= 0.6 is 0 Å². The van der Waals surface area contributed by atoms with Gasteiger partial charge in [0.2, 0.25) is 10.0 Å². The average molecular weight is 417 g/mol. The van der Waals surface area contributed by atoms with Gasteiger partial charge < -0.3 is 5.11 Å². The Morgan fingerprint density at radius 3 is 2.66 bits per heavy atom. The molecule has 1 aliphatic carbocycles. The SMILES string of the molecule is CC1(C)C[C@@H]2C[C@@](C)(CN2C[C@@H](O)CNS(=O)(=O)c2cccc3ccccc23)C1. The number of hydrogen-bond acceptors (Lipinski definition) is 4. The summed E-state index contributed by atoms with van der Waals surface area (Å²) in [5.74, 6) is 0. The number of aliphatic hydroxyl groups is 1. The minimum atomic E-state index is -3.69. The molecular weight excluding hydrogens is 384 g/mol. The summed E-state index contributed by atoms with van der Waals surface area (Å²) in [7, 11) is -3.69. The van der Waals surface area contributed by atoms with E-state index in [1.54, 1.807) is 12.1 Å². The molecule has 5 nitrogen and oxygen atoms in total. The number of fused-ring (bicyclic) bond motifs is 3. The highest BCUT2D eigenvalue weighted by atomic mass is 32.2. The van der Waals surface area contributed by atoms with Gasteiger partial charge in [-0.25, -0.2) is 13.1 Å². The van der Waals surface area contributed by atoms with E-state index in [-0.39, 0.29) is 11.4 Å². The lowest BCUT2D eigenvalue weighted by Gasteiger charge is -2.40. The van der Waals surface area contributed by atoms with E-state index in [1.807, 2.05) is 30.3 Å². The van der Waals surface area contributed by atoms with Crippen LogP contribution in [-0.2, 0) is 10.0 Å². The van der Waals surface area contributed by atoms with E-state index in [0.717, 1.165) is 18.4 Å². The van der Waals surface area contributed by atoms with E-state index in [2.05, 4.69) is 30.4 Å². The quantitative estimate of drug-likeness (QED) is 0.757. The second kappa shape index (κ2) is 7.34. The van der Waals surface area contributed by atoms with Gasteiger partial charge in [-0.05, 0) is 41.5 Å². The monoisotopic (exact) mass is 416 g/mol. The molecule has 0 unspecified atom stereocenters. The van der Waals surface area contributed by atoms with Gasteiger partial charge in [-0.15, -0.1) is 0 Å². The Morgan fingerprint density at radius 2 is 1.86 bits per heavy atom. The highest BCUT2D eigenvalue weighted by Crippen LogP contribution is 2.52. The molecule has 0 spiro atoms. The lowest BCUT2D eigenvalue weighted by molar-refractivity contribution is 0.0943. The fourth-order valence-corrected chi connectivity index (χ4v) is 7.14. The van der Waals surface area contributed by atoms with Crippen LogP contribution in [0.4, 0.5) is 0 Å². The zero-order valence-electron chi connectivity index (χ0n) is 17.6. The first-order valence-corrected chi connectivity index (χ1v) is 11.9. The van der Waals surface area contributed by atoms with Crippen molar-refractivity contribution in [1.82, 2.24) is 9.62 Å². The molecular formula is C23H32N2O3S.